The molecule has 0 saturated heterocycles. The molecule has 1 N–H and O–H groups in total. The van der Waals surface area contributed by atoms with Crippen LogP contribution in [-0.2, 0) is 4.79 Å². The Kier molecular flexibility index (Phi) is 7.94. The van der Waals surface area contributed by atoms with Gasteiger partial charge in [0.2, 0.25) is 5.91 Å². The molecule has 0 aromatic heterocycles. The van der Waals surface area contributed by atoms with E-state index >= 15 is 0 Å². The normalized spacial score (nSPS) is 10.6. The third-order valence-corrected chi connectivity index (χ3v) is 2.73. The lowest BCUT2D eigenvalue weighted by Gasteiger charge is -2.11. The van der Waals surface area contributed by atoms with Gasteiger partial charge in [0.25, 0.3) is 0 Å². The molecular formula is C16H24N2O3. The molecule has 21 heavy (non-hydrogen) atoms. The second kappa shape index (κ2) is 9.80. The Balaban J connectivity index is 2.66. The molecule has 0 radical (unpaired) electrons. The Labute approximate surface area is 126 Å². The molecule has 0 saturated carbocycles. The summed E-state index contributed by atoms with van der Waals surface area (Å²) in [6.07, 6.45) is 3.97. The van der Waals surface area contributed by atoms with Crippen molar-refractivity contribution in [2.75, 3.05) is 13.2 Å². The first kappa shape index (κ1) is 17.0. The molecule has 0 unspecified atom stereocenters. The monoisotopic (exact) mass is 292 g/mol. The standard InChI is InChI=1S/C16H24N2O3/c1-4-7-8-16(19)18-17-12-13-9-10-14(20-5-2)15(11-13)21-6-3/h9-12H,4-8H2,1-3H3,(H,18,19). The second-order valence-corrected chi connectivity index (χ2v) is 4.47. The zero-order chi connectivity index (χ0) is 15.5. The Bertz CT molecular complexity index is 473. The lowest BCUT2D eigenvalue weighted by Crippen LogP contribution is -2.16. The highest BCUT2D eigenvalue weighted by Gasteiger charge is 2.05. The van der Waals surface area contributed by atoms with Crippen molar-refractivity contribution in [1.29, 1.82) is 0 Å². The number of ether oxygens (including phenoxy) is 2. The summed E-state index contributed by atoms with van der Waals surface area (Å²) in [4.78, 5) is 11.4. The Morgan fingerprint density at radius 1 is 1.19 bits per heavy atom. The fourth-order valence-electron chi connectivity index (χ4n) is 1.72. The molecule has 0 fully saturated rings. The van der Waals surface area contributed by atoms with Crippen LogP contribution in [0.3, 0.4) is 0 Å². The highest BCUT2D eigenvalue weighted by Crippen LogP contribution is 2.27. The molecule has 0 heterocycles. The van der Waals surface area contributed by atoms with E-state index in [2.05, 4.69) is 10.5 Å². The number of hydrogen-bond donors (Lipinski definition) is 1. The van der Waals surface area contributed by atoms with Gasteiger partial charge in [0.05, 0.1) is 19.4 Å². The minimum absolute atomic E-state index is 0.0657. The molecule has 5 heteroatoms. The fraction of sp³-hybridized carbons (Fsp3) is 0.500. The first-order chi connectivity index (χ1) is 10.2. The Hall–Kier alpha value is -2.04. The van der Waals surface area contributed by atoms with Gasteiger partial charge >= 0.3 is 0 Å². The van der Waals surface area contributed by atoms with Crippen LogP contribution >= 0.6 is 0 Å². The van der Waals surface area contributed by atoms with Gasteiger partial charge in [-0.3, -0.25) is 4.79 Å². The van der Waals surface area contributed by atoms with Crippen LogP contribution in [0.2, 0.25) is 0 Å². The van der Waals surface area contributed by atoms with Crippen LogP contribution in [0.15, 0.2) is 23.3 Å². The molecule has 0 aliphatic heterocycles. The predicted octanol–water partition coefficient (Wildman–Crippen LogP) is 3.12. The van der Waals surface area contributed by atoms with Crippen LogP contribution in [0.1, 0.15) is 45.6 Å². The van der Waals surface area contributed by atoms with Crippen molar-refractivity contribution in [2.24, 2.45) is 5.10 Å². The summed E-state index contributed by atoms with van der Waals surface area (Å²) in [5.41, 5.74) is 3.36. The number of nitrogens with zero attached hydrogens (tertiary/aromatic N) is 1. The molecule has 116 valence electrons. The van der Waals surface area contributed by atoms with Crippen LogP contribution in [-0.4, -0.2) is 25.3 Å². The fourth-order valence-corrected chi connectivity index (χ4v) is 1.72. The second-order valence-electron chi connectivity index (χ2n) is 4.47. The third-order valence-electron chi connectivity index (χ3n) is 2.73. The van der Waals surface area contributed by atoms with Crippen molar-refractivity contribution in [3.8, 4) is 11.5 Å². The van der Waals surface area contributed by atoms with E-state index < -0.39 is 0 Å². The van der Waals surface area contributed by atoms with Gasteiger partial charge < -0.3 is 9.47 Å². The minimum Gasteiger partial charge on any atom is -0.490 e. The van der Waals surface area contributed by atoms with Gasteiger partial charge in [-0.2, -0.15) is 5.10 Å². The van der Waals surface area contributed by atoms with E-state index in [0.717, 1.165) is 18.4 Å². The Morgan fingerprint density at radius 3 is 2.57 bits per heavy atom. The van der Waals surface area contributed by atoms with Crippen LogP contribution in [0, 0.1) is 0 Å². The molecule has 0 bridgehead atoms. The summed E-state index contributed by atoms with van der Waals surface area (Å²) >= 11 is 0. The average molecular weight is 292 g/mol. The van der Waals surface area contributed by atoms with Gasteiger partial charge in [0.1, 0.15) is 0 Å². The van der Waals surface area contributed by atoms with Gasteiger partial charge in [-0.15, -0.1) is 0 Å². The zero-order valence-corrected chi connectivity index (χ0v) is 13.0. The maximum absolute atomic E-state index is 11.4. The van der Waals surface area contributed by atoms with Crippen molar-refractivity contribution in [3.05, 3.63) is 23.8 Å². The van der Waals surface area contributed by atoms with E-state index in [-0.39, 0.29) is 5.91 Å². The first-order valence-corrected chi connectivity index (χ1v) is 7.42. The quantitative estimate of drug-likeness (QED) is 0.562. The molecule has 0 aliphatic carbocycles. The molecule has 5 nitrogen and oxygen atoms in total. The van der Waals surface area contributed by atoms with E-state index in [1.54, 1.807) is 6.21 Å². The number of amides is 1. The van der Waals surface area contributed by atoms with Gasteiger partial charge in [-0.25, -0.2) is 5.43 Å². The maximum Gasteiger partial charge on any atom is 0.240 e. The number of hydrazone groups is 1. The number of unbranched alkanes of at least 4 members (excludes halogenated alkanes) is 1. The number of hydrogen-bond acceptors (Lipinski definition) is 4. The lowest BCUT2D eigenvalue weighted by molar-refractivity contribution is -0.121. The average Bonchev–Trinajstić information content (AvgIpc) is 2.48. The topological polar surface area (TPSA) is 59.9 Å². The largest absolute Gasteiger partial charge is 0.490 e. The van der Waals surface area contributed by atoms with Gasteiger partial charge in [-0.1, -0.05) is 13.3 Å². The van der Waals surface area contributed by atoms with Crippen molar-refractivity contribution >= 4 is 12.1 Å². The molecule has 1 rings (SSSR count). The molecule has 1 amide bonds. The number of nitrogens with one attached hydrogen (secondary N) is 1. The predicted molar refractivity (Wildman–Crippen MR) is 84.0 cm³/mol. The van der Waals surface area contributed by atoms with E-state index in [0.29, 0.717) is 31.1 Å². The van der Waals surface area contributed by atoms with Crippen LogP contribution in [0.4, 0.5) is 0 Å². The van der Waals surface area contributed by atoms with E-state index in [1.807, 2.05) is 39.0 Å². The Morgan fingerprint density at radius 2 is 1.90 bits per heavy atom. The van der Waals surface area contributed by atoms with Crippen LogP contribution in [0.25, 0.3) is 0 Å². The van der Waals surface area contributed by atoms with Crippen LogP contribution in [0.5, 0.6) is 11.5 Å². The summed E-state index contributed by atoms with van der Waals surface area (Å²) in [7, 11) is 0. The van der Waals surface area contributed by atoms with Crippen molar-refractivity contribution in [3.63, 3.8) is 0 Å². The number of rotatable bonds is 9. The molecule has 1 aromatic rings. The SMILES string of the molecule is CCCCC(=O)NN=Cc1ccc(OCC)c(OCC)c1. The number of carbonyl (C=O) groups excluding carboxylic acids is 1. The highest BCUT2D eigenvalue weighted by atomic mass is 16.5. The first-order valence-electron chi connectivity index (χ1n) is 7.42. The van der Waals surface area contributed by atoms with E-state index in [4.69, 9.17) is 9.47 Å². The van der Waals surface area contributed by atoms with E-state index in [9.17, 15) is 4.79 Å². The molecule has 0 atom stereocenters. The highest BCUT2D eigenvalue weighted by molar-refractivity contribution is 5.83. The van der Waals surface area contributed by atoms with E-state index in [1.165, 1.54) is 0 Å². The van der Waals surface area contributed by atoms with Gasteiger partial charge in [0.15, 0.2) is 11.5 Å². The van der Waals surface area contributed by atoms with Crippen molar-refractivity contribution < 1.29 is 14.3 Å². The molecular weight excluding hydrogens is 268 g/mol. The maximum atomic E-state index is 11.4. The minimum atomic E-state index is -0.0657. The van der Waals surface area contributed by atoms with Crippen molar-refractivity contribution in [1.82, 2.24) is 5.43 Å². The summed E-state index contributed by atoms with van der Waals surface area (Å²) < 4.78 is 11.0. The molecule has 0 aliphatic rings. The van der Waals surface area contributed by atoms with Crippen LogP contribution < -0.4 is 14.9 Å². The third kappa shape index (κ3) is 6.29. The smallest absolute Gasteiger partial charge is 0.240 e. The molecule has 1 aromatic carbocycles. The summed E-state index contributed by atoms with van der Waals surface area (Å²) in [5.74, 6) is 1.33. The van der Waals surface area contributed by atoms with Gasteiger partial charge in [0, 0.05) is 6.42 Å². The summed E-state index contributed by atoms with van der Waals surface area (Å²) in [5, 5.41) is 3.95. The molecule has 0 spiro atoms. The lowest BCUT2D eigenvalue weighted by atomic mass is 10.2. The summed E-state index contributed by atoms with van der Waals surface area (Å²) in [6.45, 7) is 7.04. The zero-order valence-electron chi connectivity index (χ0n) is 13.0. The van der Waals surface area contributed by atoms with Crippen molar-refractivity contribution in [2.45, 2.75) is 40.0 Å². The summed E-state index contributed by atoms with van der Waals surface area (Å²) in [6, 6.07) is 5.56. The van der Waals surface area contributed by atoms with Gasteiger partial charge in [-0.05, 0) is 44.0 Å². The number of carbonyl (C=O) groups is 1. The number of benzene rings is 1.